The second-order valence-electron chi connectivity index (χ2n) is 7.05. The third kappa shape index (κ3) is 6.64. The van der Waals surface area contributed by atoms with Crippen LogP contribution in [0.2, 0.25) is 0 Å². The SMILES string of the molecule is CC(C)(C)NS(=O)(=O)c1ccc(OCC(=O)NC[C@H]2CCCO2)cc1. The number of hydrogen-bond donors (Lipinski definition) is 2. The largest absolute Gasteiger partial charge is 0.484 e. The predicted molar refractivity (Wildman–Crippen MR) is 94.0 cm³/mol. The summed E-state index contributed by atoms with van der Waals surface area (Å²) in [4.78, 5) is 11.9. The van der Waals surface area contributed by atoms with Crippen molar-refractivity contribution in [3.05, 3.63) is 24.3 Å². The molecule has 1 aliphatic heterocycles. The first-order valence-electron chi connectivity index (χ1n) is 8.31. The maximum Gasteiger partial charge on any atom is 0.258 e. The highest BCUT2D eigenvalue weighted by Gasteiger charge is 2.22. The maximum absolute atomic E-state index is 12.2. The highest BCUT2D eigenvalue weighted by molar-refractivity contribution is 7.89. The molecule has 0 aromatic heterocycles. The number of carbonyl (C=O) groups excluding carboxylic acids is 1. The summed E-state index contributed by atoms with van der Waals surface area (Å²) < 4.78 is 37.8. The third-order valence-corrected chi connectivity index (χ3v) is 5.27. The van der Waals surface area contributed by atoms with E-state index in [9.17, 15) is 13.2 Å². The number of ether oxygens (including phenoxy) is 2. The highest BCUT2D eigenvalue weighted by Crippen LogP contribution is 2.17. The number of carbonyl (C=O) groups is 1. The number of amides is 1. The molecular formula is C17H26N2O5S. The fourth-order valence-corrected chi connectivity index (χ4v) is 3.83. The topological polar surface area (TPSA) is 93.7 Å². The van der Waals surface area contributed by atoms with E-state index >= 15 is 0 Å². The molecule has 0 bridgehead atoms. The second-order valence-corrected chi connectivity index (χ2v) is 8.74. The van der Waals surface area contributed by atoms with Crippen LogP contribution < -0.4 is 14.8 Å². The Morgan fingerprint density at radius 3 is 2.52 bits per heavy atom. The first kappa shape index (κ1) is 19.7. The van der Waals surface area contributed by atoms with Crippen molar-refractivity contribution in [1.82, 2.24) is 10.0 Å². The molecule has 8 heteroatoms. The quantitative estimate of drug-likeness (QED) is 0.757. The maximum atomic E-state index is 12.2. The molecular weight excluding hydrogens is 344 g/mol. The molecule has 1 atom stereocenters. The summed E-state index contributed by atoms with van der Waals surface area (Å²) in [6, 6.07) is 5.97. The predicted octanol–water partition coefficient (Wildman–Crippen LogP) is 1.44. The van der Waals surface area contributed by atoms with E-state index in [1.807, 2.05) is 0 Å². The molecule has 1 heterocycles. The Morgan fingerprint density at radius 2 is 1.96 bits per heavy atom. The van der Waals surface area contributed by atoms with Crippen LogP contribution in [0.4, 0.5) is 0 Å². The van der Waals surface area contributed by atoms with Crippen molar-refractivity contribution in [2.24, 2.45) is 0 Å². The summed E-state index contributed by atoms with van der Waals surface area (Å²) in [6.07, 6.45) is 2.07. The van der Waals surface area contributed by atoms with Crippen LogP contribution in [0.3, 0.4) is 0 Å². The Labute approximate surface area is 149 Å². The van der Waals surface area contributed by atoms with Crippen molar-refractivity contribution in [2.45, 2.75) is 50.2 Å². The molecule has 25 heavy (non-hydrogen) atoms. The van der Waals surface area contributed by atoms with Gasteiger partial charge in [-0.15, -0.1) is 0 Å². The molecule has 1 aliphatic rings. The molecule has 0 saturated carbocycles. The first-order valence-corrected chi connectivity index (χ1v) is 9.79. The number of benzene rings is 1. The summed E-state index contributed by atoms with van der Waals surface area (Å²) in [5.41, 5.74) is -0.560. The smallest absolute Gasteiger partial charge is 0.258 e. The van der Waals surface area contributed by atoms with Crippen molar-refractivity contribution in [3.8, 4) is 5.75 Å². The molecule has 1 amide bonds. The Balaban J connectivity index is 1.82. The molecule has 140 valence electrons. The summed E-state index contributed by atoms with van der Waals surface area (Å²) in [6.45, 7) is 6.43. The number of hydrogen-bond acceptors (Lipinski definition) is 5. The van der Waals surface area contributed by atoms with Crippen LogP contribution in [0.1, 0.15) is 33.6 Å². The Kier molecular flexibility index (Phi) is 6.42. The van der Waals surface area contributed by atoms with E-state index in [-0.39, 0.29) is 23.5 Å². The van der Waals surface area contributed by atoms with Crippen LogP contribution in [0.5, 0.6) is 5.75 Å². The second kappa shape index (κ2) is 8.16. The zero-order valence-electron chi connectivity index (χ0n) is 14.9. The molecule has 0 unspecified atom stereocenters. The van der Waals surface area contributed by atoms with Gasteiger partial charge in [0.05, 0.1) is 11.0 Å². The van der Waals surface area contributed by atoms with Gasteiger partial charge in [0.15, 0.2) is 6.61 Å². The standard InChI is InChI=1S/C17H26N2O5S/c1-17(2,3)19-25(21,22)15-8-6-13(7-9-15)24-12-16(20)18-11-14-5-4-10-23-14/h6-9,14,19H,4-5,10-12H2,1-3H3,(H,18,20)/t14-/m1/s1. The van der Waals surface area contributed by atoms with Crippen molar-refractivity contribution in [2.75, 3.05) is 19.8 Å². The minimum atomic E-state index is -3.58. The lowest BCUT2D eigenvalue weighted by Gasteiger charge is -2.20. The van der Waals surface area contributed by atoms with Gasteiger partial charge in [0.25, 0.3) is 5.91 Å². The van der Waals surface area contributed by atoms with E-state index in [2.05, 4.69) is 10.0 Å². The fourth-order valence-electron chi connectivity index (χ4n) is 2.41. The van der Waals surface area contributed by atoms with Crippen LogP contribution >= 0.6 is 0 Å². The minimum absolute atomic E-state index is 0.0868. The zero-order chi connectivity index (χ0) is 18.5. The van der Waals surface area contributed by atoms with E-state index < -0.39 is 15.6 Å². The van der Waals surface area contributed by atoms with Gasteiger partial charge in [-0.25, -0.2) is 13.1 Å². The van der Waals surface area contributed by atoms with Gasteiger partial charge in [-0.1, -0.05) is 0 Å². The van der Waals surface area contributed by atoms with Gasteiger partial charge in [0, 0.05) is 18.7 Å². The molecule has 2 rings (SSSR count). The van der Waals surface area contributed by atoms with Crippen molar-refractivity contribution in [1.29, 1.82) is 0 Å². The number of rotatable bonds is 7. The van der Waals surface area contributed by atoms with E-state index in [4.69, 9.17) is 9.47 Å². The molecule has 0 radical (unpaired) electrons. The number of nitrogens with one attached hydrogen (secondary N) is 2. The van der Waals surface area contributed by atoms with Gasteiger partial charge in [-0.05, 0) is 57.9 Å². The average Bonchev–Trinajstić information content (AvgIpc) is 3.02. The highest BCUT2D eigenvalue weighted by atomic mass is 32.2. The van der Waals surface area contributed by atoms with Crippen LogP contribution in [-0.2, 0) is 19.6 Å². The van der Waals surface area contributed by atoms with Crippen LogP contribution in [0, 0.1) is 0 Å². The Morgan fingerprint density at radius 1 is 1.28 bits per heavy atom. The van der Waals surface area contributed by atoms with Gasteiger partial charge in [0.2, 0.25) is 10.0 Å². The van der Waals surface area contributed by atoms with E-state index in [0.717, 1.165) is 19.4 Å². The molecule has 0 aliphatic carbocycles. The lowest BCUT2D eigenvalue weighted by molar-refractivity contribution is -0.123. The summed E-state index contributed by atoms with van der Waals surface area (Å²) in [5.74, 6) is 0.198. The lowest BCUT2D eigenvalue weighted by atomic mass is 10.1. The van der Waals surface area contributed by atoms with E-state index in [1.54, 1.807) is 20.8 Å². The van der Waals surface area contributed by atoms with Crippen molar-refractivity contribution >= 4 is 15.9 Å². The monoisotopic (exact) mass is 370 g/mol. The van der Waals surface area contributed by atoms with Gasteiger partial charge < -0.3 is 14.8 Å². The first-order chi connectivity index (χ1) is 11.7. The van der Waals surface area contributed by atoms with Crippen molar-refractivity contribution < 1.29 is 22.7 Å². The normalized spacial score (nSPS) is 18.1. The van der Waals surface area contributed by atoms with Crippen LogP contribution in [-0.4, -0.2) is 45.7 Å². The van der Waals surface area contributed by atoms with E-state index in [1.165, 1.54) is 24.3 Å². The zero-order valence-corrected chi connectivity index (χ0v) is 15.7. The summed E-state index contributed by atoms with van der Waals surface area (Å²) in [7, 11) is -3.58. The van der Waals surface area contributed by atoms with Gasteiger partial charge >= 0.3 is 0 Å². The molecule has 2 N–H and O–H groups in total. The molecule has 0 spiro atoms. The third-order valence-electron chi connectivity index (χ3n) is 3.50. The minimum Gasteiger partial charge on any atom is -0.484 e. The molecule has 1 aromatic carbocycles. The summed E-state index contributed by atoms with van der Waals surface area (Å²) in [5, 5.41) is 2.76. The Hall–Kier alpha value is -1.64. The molecule has 1 saturated heterocycles. The summed E-state index contributed by atoms with van der Waals surface area (Å²) >= 11 is 0. The van der Waals surface area contributed by atoms with Crippen LogP contribution in [0.25, 0.3) is 0 Å². The van der Waals surface area contributed by atoms with Gasteiger partial charge in [-0.3, -0.25) is 4.79 Å². The Bertz CT molecular complexity index is 674. The van der Waals surface area contributed by atoms with Crippen molar-refractivity contribution in [3.63, 3.8) is 0 Å². The molecule has 1 fully saturated rings. The average molecular weight is 370 g/mol. The van der Waals surface area contributed by atoms with Crippen LogP contribution in [0.15, 0.2) is 29.2 Å². The lowest BCUT2D eigenvalue weighted by Crippen LogP contribution is -2.40. The fraction of sp³-hybridized carbons (Fsp3) is 0.588. The van der Waals surface area contributed by atoms with Gasteiger partial charge in [-0.2, -0.15) is 0 Å². The number of sulfonamides is 1. The molecule has 7 nitrogen and oxygen atoms in total. The molecule has 1 aromatic rings. The van der Waals surface area contributed by atoms with Gasteiger partial charge in [0.1, 0.15) is 5.75 Å². The van der Waals surface area contributed by atoms with E-state index in [0.29, 0.717) is 12.3 Å².